The van der Waals surface area contributed by atoms with E-state index in [4.69, 9.17) is 0 Å². The first-order chi connectivity index (χ1) is 14.7. The lowest BCUT2D eigenvalue weighted by atomic mass is 9.96. The van der Waals surface area contributed by atoms with Crippen LogP contribution in [0.3, 0.4) is 0 Å². The van der Waals surface area contributed by atoms with Gasteiger partial charge in [-0.05, 0) is 74.1 Å². The Bertz CT molecular complexity index is 833. The summed E-state index contributed by atoms with van der Waals surface area (Å²) >= 11 is 3.55. The highest BCUT2D eigenvalue weighted by molar-refractivity contribution is 9.10. The summed E-state index contributed by atoms with van der Waals surface area (Å²) in [7, 11) is 0. The molecule has 2 aromatic carbocycles. The second kappa shape index (κ2) is 10.6. The third kappa shape index (κ3) is 6.16. The molecule has 2 aliphatic rings. The molecular weight excluding hydrogens is 438 g/mol. The fraction of sp³-hybridized carbons (Fsp3) is 0.480. The van der Waals surface area contributed by atoms with Gasteiger partial charge in [0.05, 0.1) is 5.92 Å². The van der Waals surface area contributed by atoms with Gasteiger partial charge in [-0.2, -0.15) is 0 Å². The number of piperidine rings is 1. The number of likely N-dealkylation sites (tertiary alicyclic amines) is 2. The van der Waals surface area contributed by atoms with Gasteiger partial charge >= 0.3 is 0 Å². The molecule has 0 spiro atoms. The molecule has 160 valence electrons. The van der Waals surface area contributed by atoms with Crippen LogP contribution in [-0.2, 0) is 24.4 Å². The predicted molar refractivity (Wildman–Crippen MR) is 125 cm³/mol. The van der Waals surface area contributed by atoms with Crippen LogP contribution in [0.1, 0.15) is 42.4 Å². The van der Waals surface area contributed by atoms with Crippen LogP contribution >= 0.6 is 15.9 Å². The van der Waals surface area contributed by atoms with Crippen LogP contribution in [0, 0.1) is 5.92 Å². The molecule has 1 atom stereocenters. The van der Waals surface area contributed by atoms with Gasteiger partial charge in [-0.15, -0.1) is 0 Å². The van der Waals surface area contributed by atoms with Crippen LogP contribution in [-0.4, -0.2) is 41.9 Å². The van der Waals surface area contributed by atoms with Gasteiger partial charge in [0.1, 0.15) is 0 Å². The van der Waals surface area contributed by atoms with Gasteiger partial charge in [0, 0.05) is 30.7 Å². The van der Waals surface area contributed by atoms with Gasteiger partial charge in [0.15, 0.2) is 0 Å². The lowest BCUT2D eigenvalue weighted by Gasteiger charge is -2.32. The molecule has 2 saturated heterocycles. The topological polar surface area (TPSA) is 35.6 Å². The summed E-state index contributed by atoms with van der Waals surface area (Å²) in [4.78, 5) is 17.7. The summed E-state index contributed by atoms with van der Waals surface area (Å²) in [5.41, 5.74) is 3.83. The Morgan fingerprint density at radius 1 is 0.900 bits per heavy atom. The molecule has 1 amide bonds. The van der Waals surface area contributed by atoms with Crippen molar-refractivity contribution >= 4 is 21.8 Å². The number of hydrogen-bond acceptors (Lipinski definition) is 3. The summed E-state index contributed by atoms with van der Waals surface area (Å²) in [6, 6.07) is 17.2. The Hall–Kier alpha value is -1.69. The van der Waals surface area contributed by atoms with Gasteiger partial charge in [0.2, 0.25) is 5.91 Å². The van der Waals surface area contributed by atoms with Crippen molar-refractivity contribution in [3.8, 4) is 0 Å². The maximum Gasteiger partial charge on any atom is 0.224 e. The highest BCUT2D eigenvalue weighted by Gasteiger charge is 2.25. The van der Waals surface area contributed by atoms with Crippen molar-refractivity contribution in [2.24, 2.45) is 5.92 Å². The van der Waals surface area contributed by atoms with E-state index in [1.54, 1.807) is 0 Å². The Balaban J connectivity index is 1.24. The van der Waals surface area contributed by atoms with E-state index in [1.165, 1.54) is 42.6 Å². The summed E-state index contributed by atoms with van der Waals surface area (Å²) in [6.45, 7) is 6.91. The quantitative estimate of drug-likeness (QED) is 0.644. The van der Waals surface area contributed by atoms with Crippen molar-refractivity contribution in [3.63, 3.8) is 0 Å². The molecule has 5 heteroatoms. The van der Waals surface area contributed by atoms with Crippen LogP contribution in [0.4, 0.5) is 0 Å². The van der Waals surface area contributed by atoms with E-state index >= 15 is 0 Å². The number of carbonyl (C=O) groups is 1. The molecule has 0 radical (unpaired) electrons. The molecule has 0 aliphatic carbocycles. The fourth-order valence-electron chi connectivity index (χ4n) is 4.60. The molecular formula is C25H32BrN3O. The first-order valence-electron chi connectivity index (χ1n) is 11.2. The van der Waals surface area contributed by atoms with Crippen LogP contribution in [0.5, 0.6) is 0 Å². The maximum absolute atomic E-state index is 12.8. The van der Waals surface area contributed by atoms with E-state index in [9.17, 15) is 4.79 Å². The van der Waals surface area contributed by atoms with Crippen LogP contribution < -0.4 is 5.32 Å². The number of rotatable bonds is 7. The molecule has 2 aromatic rings. The molecule has 30 heavy (non-hydrogen) atoms. The summed E-state index contributed by atoms with van der Waals surface area (Å²) < 4.78 is 1.11. The van der Waals surface area contributed by atoms with E-state index in [0.717, 1.165) is 43.5 Å². The van der Waals surface area contributed by atoms with Gasteiger partial charge < -0.3 is 5.32 Å². The number of halogens is 1. The molecule has 0 aromatic heterocycles. The molecule has 1 unspecified atom stereocenters. The van der Waals surface area contributed by atoms with Gasteiger partial charge in [-0.25, -0.2) is 0 Å². The summed E-state index contributed by atoms with van der Waals surface area (Å²) in [6.07, 6.45) is 4.71. The molecule has 2 heterocycles. The van der Waals surface area contributed by atoms with Crippen molar-refractivity contribution in [1.82, 2.24) is 15.1 Å². The van der Waals surface area contributed by atoms with E-state index in [-0.39, 0.29) is 11.8 Å². The molecule has 4 rings (SSSR count). The Labute approximate surface area is 188 Å². The number of carbonyl (C=O) groups excluding carboxylic acids is 1. The fourth-order valence-corrected chi connectivity index (χ4v) is 5.05. The molecule has 2 aliphatic heterocycles. The van der Waals surface area contributed by atoms with E-state index in [0.29, 0.717) is 6.54 Å². The molecule has 0 bridgehead atoms. The number of nitrogens with one attached hydrogen (secondary N) is 1. The monoisotopic (exact) mass is 469 g/mol. The standard InChI is InChI=1S/C25H32BrN3O/c26-24-7-3-5-22(15-24)18-29-14-4-6-23(19-29)25(30)27-16-20-8-10-21(11-9-20)17-28-12-1-2-13-28/h3,5,7-11,15,23H,1-2,4,6,12-14,16-19H2,(H,27,30). The molecule has 1 N–H and O–H groups in total. The largest absolute Gasteiger partial charge is 0.352 e. The third-order valence-electron chi connectivity index (χ3n) is 6.27. The zero-order valence-electron chi connectivity index (χ0n) is 17.7. The summed E-state index contributed by atoms with van der Waals surface area (Å²) in [5, 5.41) is 3.17. The SMILES string of the molecule is O=C(NCc1ccc(CN2CCCC2)cc1)C1CCCN(Cc2cccc(Br)c2)C1. The first kappa shape index (κ1) is 21.5. The highest BCUT2D eigenvalue weighted by atomic mass is 79.9. The highest BCUT2D eigenvalue weighted by Crippen LogP contribution is 2.20. The second-order valence-electron chi connectivity index (χ2n) is 8.72. The minimum absolute atomic E-state index is 0.0837. The maximum atomic E-state index is 12.8. The summed E-state index contributed by atoms with van der Waals surface area (Å²) in [5.74, 6) is 0.274. The second-order valence-corrected chi connectivity index (χ2v) is 9.64. The molecule has 0 saturated carbocycles. The third-order valence-corrected chi connectivity index (χ3v) is 6.76. The average Bonchev–Trinajstić information content (AvgIpc) is 3.26. The smallest absolute Gasteiger partial charge is 0.224 e. The van der Waals surface area contributed by atoms with E-state index < -0.39 is 0 Å². The van der Waals surface area contributed by atoms with Crippen LogP contribution in [0.15, 0.2) is 53.0 Å². The minimum atomic E-state index is 0.0837. The molecule has 2 fully saturated rings. The van der Waals surface area contributed by atoms with Crippen molar-refractivity contribution in [2.45, 2.75) is 45.3 Å². The number of nitrogens with zero attached hydrogens (tertiary/aromatic N) is 2. The number of benzene rings is 2. The van der Waals surface area contributed by atoms with E-state index in [1.807, 2.05) is 0 Å². The van der Waals surface area contributed by atoms with E-state index in [2.05, 4.69) is 79.6 Å². The van der Waals surface area contributed by atoms with Crippen molar-refractivity contribution in [1.29, 1.82) is 0 Å². The van der Waals surface area contributed by atoms with Gasteiger partial charge in [0.25, 0.3) is 0 Å². The van der Waals surface area contributed by atoms with Crippen molar-refractivity contribution in [2.75, 3.05) is 26.2 Å². The van der Waals surface area contributed by atoms with Gasteiger partial charge in [-0.3, -0.25) is 14.6 Å². The lowest BCUT2D eigenvalue weighted by molar-refractivity contribution is -0.126. The average molecular weight is 470 g/mol. The Kier molecular flexibility index (Phi) is 7.58. The normalized spacial score (nSPS) is 20.4. The zero-order chi connectivity index (χ0) is 20.8. The lowest BCUT2D eigenvalue weighted by Crippen LogP contribution is -2.42. The Morgan fingerprint density at radius 3 is 2.37 bits per heavy atom. The molecule has 4 nitrogen and oxygen atoms in total. The van der Waals surface area contributed by atoms with Crippen LogP contribution in [0.25, 0.3) is 0 Å². The van der Waals surface area contributed by atoms with Crippen LogP contribution in [0.2, 0.25) is 0 Å². The first-order valence-corrected chi connectivity index (χ1v) is 12.0. The zero-order valence-corrected chi connectivity index (χ0v) is 19.2. The number of hydrogen-bond donors (Lipinski definition) is 1. The Morgan fingerprint density at radius 2 is 1.60 bits per heavy atom. The van der Waals surface area contributed by atoms with Crippen molar-refractivity contribution in [3.05, 3.63) is 69.7 Å². The van der Waals surface area contributed by atoms with Crippen molar-refractivity contribution < 1.29 is 4.79 Å². The minimum Gasteiger partial charge on any atom is -0.352 e. The van der Waals surface area contributed by atoms with Gasteiger partial charge in [-0.1, -0.05) is 52.3 Å². The predicted octanol–water partition coefficient (Wildman–Crippen LogP) is 4.57. The number of amides is 1.